The van der Waals surface area contributed by atoms with Crippen molar-refractivity contribution in [1.82, 2.24) is 0 Å². The summed E-state index contributed by atoms with van der Waals surface area (Å²) >= 11 is -2.19. The summed E-state index contributed by atoms with van der Waals surface area (Å²) < 4.78 is 21.7. The van der Waals surface area contributed by atoms with Crippen molar-refractivity contribution in [1.29, 1.82) is 0 Å². The molecule has 1 unspecified atom stereocenters. The van der Waals surface area contributed by atoms with Crippen LogP contribution < -0.4 is 4.72 Å². The molecule has 0 saturated carbocycles. The van der Waals surface area contributed by atoms with E-state index in [0.717, 1.165) is 5.39 Å². The predicted octanol–water partition coefficient (Wildman–Crippen LogP) is 2.09. The molecule has 0 saturated heterocycles. The van der Waals surface area contributed by atoms with Crippen LogP contribution >= 0.6 is 0 Å². The standard InChI is InChI=1S/C10H9NO3S/c12-9-6-5-7-3-1-2-4-8(7)10(9)11-15(13)14/h1-6,11-12H,(H,13,14). The first-order valence-electron chi connectivity index (χ1n) is 4.27. The first-order valence-corrected chi connectivity index (χ1v) is 5.37. The highest BCUT2D eigenvalue weighted by Gasteiger charge is 2.07. The van der Waals surface area contributed by atoms with Crippen LogP contribution in [0.2, 0.25) is 0 Å². The summed E-state index contributed by atoms with van der Waals surface area (Å²) in [6.07, 6.45) is 0. The smallest absolute Gasteiger partial charge is 0.259 e. The first kappa shape index (κ1) is 9.95. The highest BCUT2D eigenvalue weighted by atomic mass is 32.2. The fourth-order valence-corrected chi connectivity index (χ4v) is 1.84. The van der Waals surface area contributed by atoms with E-state index in [1.807, 2.05) is 12.1 Å². The summed E-state index contributed by atoms with van der Waals surface area (Å²) in [6.45, 7) is 0. The molecule has 2 aromatic carbocycles. The molecular weight excluding hydrogens is 214 g/mol. The largest absolute Gasteiger partial charge is 0.506 e. The second-order valence-electron chi connectivity index (χ2n) is 3.03. The molecule has 15 heavy (non-hydrogen) atoms. The van der Waals surface area contributed by atoms with Crippen molar-refractivity contribution in [3.63, 3.8) is 0 Å². The summed E-state index contributed by atoms with van der Waals surface area (Å²) in [5.74, 6) is -0.0453. The van der Waals surface area contributed by atoms with Crippen LogP contribution in [-0.2, 0) is 11.3 Å². The van der Waals surface area contributed by atoms with Crippen LogP contribution in [0, 0.1) is 0 Å². The number of hydrogen-bond acceptors (Lipinski definition) is 2. The molecule has 0 bridgehead atoms. The molecule has 0 aliphatic heterocycles. The Morgan fingerprint density at radius 2 is 1.87 bits per heavy atom. The summed E-state index contributed by atoms with van der Waals surface area (Å²) in [7, 11) is 0. The van der Waals surface area contributed by atoms with Crippen molar-refractivity contribution in [2.45, 2.75) is 0 Å². The Kier molecular flexibility index (Phi) is 2.57. The van der Waals surface area contributed by atoms with Crippen LogP contribution in [0.5, 0.6) is 5.75 Å². The minimum Gasteiger partial charge on any atom is -0.506 e. The Labute approximate surface area is 89.0 Å². The van der Waals surface area contributed by atoms with Gasteiger partial charge in [0.2, 0.25) is 0 Å². The zero-order valence-electron chi connectivity index (χ0n) is 7.68. The van der Waals surface area contributed by atoms with Crippen molar-refractivity contribution in [3.05, 3.63) is 36.4 Å². The van der Waals surface area contributed by atoms with Gasteiger partial charge in [0.15, 0.2) is 0 Å². The summed E-state index contributed by atoms with van der Waals surface area (Å²) in [5.41, 5.74) is 0.272. The Morgan fingerprint density at radius 3 is 2.60 bits per heavy atom. The zero-order valence-corrected chi connectivity index (χ0v) is 8.49. The lowest BCUT2D eigenvalue weighted by Gasteiger charge is -2.08. The van der Waals surface area contributed by atoms with E-state index in [0.29, 0.717) is 5.39 Å². The van der Waals surface area contributed by atoms with Crippen molar-refractivity contribution < 1.29 is 13.9 Å². The molecule has 0 aliphatic carbocycles. The molecule has 5 heteroatoms. The third-order valence-corrected chi connectivity index (χ3v) is 2.48. The topological polar surface area (TPSA) is 69.6 Å². The third-order valence-electron chi connectivity index (χ3n) is 2.10. The number of fused-ring (bicyclic) bond motifs is 1. The molecule has 0 amide bonds. The van der Waals surface area contributed by atoms with Crippen LogP contribution in [0.4, 0.5) is 5.69 Å². The zero-order chi connectivity index (χ0) is 10.8. The molecule has 0 spiro atoms. The van der Waals surface area contributed by atoms with Gasteiger partial charge in [-0.25, -0.2) is 4.21 Å². The Morgan fingerprint density at radius 1 is 1.13 bits per heavy atom. The van der Waals surface area contributed by atoms with E-state index in [-0.39, 0.29) is 11.4 Å². The summed E-state index contributed by atoms with van der Waals surface area (Å²) in [4.78, 5) is 0. The molecule has 0 radical (unpaired) electrons. The normalized spacial score (nSPS) is 12.6. The Bertz CT molecular complexity index is 527. The van der Waals surface area contributed by atoms with Gasteiger partial charge in [-0.15, -0.1) is 0 Å². The van der Waals surface area contributed by atoms with E-state index in [9.17, 15) is 9.32 Å². The quantitative estimate of drug-likeness (QED) is 0.539. The molecule has 78 valence electrons. The molecule has 0 heterocycles. The van der Waals surface area contributed by atoms with Crippen molar-refractivity contribution in [2.75, 3.05) is 4.72 Å². The molecular formula is C10H9NO3S. The van der Waals surface area contributed by atoms with Gasteiger partial charge in [-0.1, -0.05) is 30.3 Å². The molecule has 0 aromatic heterocycles. The van der Waals surface area contributed by atoms with Gasteiger partial charge in [-0.05, 0) is 11.5 Å². The van der Waals surface area contributed by atoms with Crippen LogP contribution in [0.1, 0.15) is 0 Å². The van der Waals surface area contributed by atoms with Crippen LogP contribution in [0.25, 0.3) is 10.8 Å². The maximum Gasteiger partial charge on any atom is 0.259 e. The third kappa shape index (κ3) is 1.93. The lowest BCUT2D eigenvalue weighted by Crippen LogP contribution is -2.02. The van der Waals surface area contributed by atoms with Gasteiger partial charge in [-0.2, -0.15) is 0 Å². The SMILES string of the molecule is O=S(O)Nc1c(O)ccc2ccccc12. The second kappa shape index (κ2) is 3.88. The number of phenolic OH excluding ortho intramolecular Hbond substituents is 1. The molecule has 0 fully saturated rings. The number of hydrogen-bond donors (Lipinski definition) is 3. The van der Waals surface area contributed by atoms with Gasteiger partial charge in [0, 0.05) is 5.39 Å². The van der Waals surface area contributed by atoms with E-state index in [2.05, 4.69) is 4.72 Å². The lowest BCUT2D eigenvalue weighted by molar-refractivity contribution is 0.478. The van der Waals surface area contributed by atoms with Gasteiger partial charge in [0.25, 0.3) is 11.3 Å². The van der Waals surface area contributed by atoms with Gasteiger partial charge in [-0.3, -0.25) is 9.27 Å². The number of aromatic hydroxyl groups is 1. The van der Waals surface area contributed by atoms with Crippen molar-refractivity contribution in [2.24, 2.45) is 0 Å². The number of rotatable bonds is 2. The van der Waals surface area contributed by atoms with Crippen LogP contribution in [-0.4, -0.2) is 13.9 Å². The van der Waals surface area contributed by atoms with Crippen LogP contribution in [0.15, 0.2) is 36.4 Å². The van der Waals surface area contributed by atoms with E-state index < -0.39 is 11.3 Å². The fraction of sp³-hybridized carbons (Fsp3) is 0. The number of anilines is 1. The summed E-state index contributed by atoms with van der Waals surface area (Å²) in [5, 5.41) is 11.1. The van der Waals surface area contributed by atoms with Crippen molar-refractivity contribution in [3.8, 4) is 5.75 Å². The first-order chi connectivity index (χ1) is 7.18. The number of benzene rings is 2. The summed E-state index contributed by atoms with van der Waals surface area (Å²) in [6, 6.07) is 10.5. The molecule has 2 aromatic rings. The van der Waals surface area contributed by atoms with Gasteiger partial charge in [0.05, 0.1) is 5.69 Å². The number of phenols is 1. The van der Waals surface area contributed by atoms with Crippen molar-refractivity contribution >= 4 is 27.7 Å². The fourth-order valence-electron chi connectivity index (χ4n) is 1.45. The van der Waals surface area contributed by atoms with Gasteiger partial charge in [0.1, 0.15) is 5.75 Å². The highest BCUT2D eigenvalue weighted by molar-refractivity contribution is 7.80. The minimum absolute atomic E-state index is 0.0453. The van der Waals surface area contributed by atoms with E-state index >= 15 is 0 Å². The monoisotopic (exact) mass is 223 g/mol. The molecule has 3 N–H and O–H groups in total. The van der Waals surface area contributed by atoms with Gasteiger partial charge < -0.3 is 5.11 Å². The predicted molar refractivity (Wildman–Crippen MR) is 60.0 cm³/mol. The van der Waals surface area contributed by atoms with E-state index in [1.165, 1.54) is 6.07 Å². The molecule has 1 atom stereocenters. The van der Waals surface area contributed by atoms with Gasteiger partial charge >= 0.3 is 0 Å². The van der Waals surface area contributed by atoms with E-state index in [4.69, 9.17) is 4.55 Å². The Hall–Kier alpha value is -1.59. The average Bonchev–Trinajstić information content (AvgIpc) is 2.22. The number of nitrogens with one attached hydrogen (secondary N) is 1. The minimum atomic E-state index is -2.19. The lowest BCUT2D eigenvalue weighted by atomic mass is 10.1. The molecule has 0 aliphatic rings. The van der Waals surface area contributed by atoms with Crippen LogP contribution in [0.3, 0.4) is 0 Å². The average molecular weight is 223 g/mol. The Balaban J connectivity index is 2.68. The highest BCUT2D eigenvalue weighted by Crippen LogP contribution is 2.32. The maximum atomic E-state index is 10.7. The molecule has 4 nitrogen and oxygen atoms in total. The molecule has 2 rings (SSSR count). The maximum absolute atomic E-state index is 10.7. The van der Waals surface area contributed by atoms with E-state index in [1.54, 1.807) is 18.2 Å². The second-order valence-corrected chi connectivity index (χ2v) is 3.73.